The van der Waals surface area contributed by atoms with Gasteiger partial charge in [0.2, 0.25) is 15.9 Å². The molecule has 6 aliphatic rings. The summed E-state index contributed by atoms with van der Waals surface area (Å²) in [4.78, 5) is 99.5. The third-order valence-electron chi connectivity index (χ3n) is 18.6. The largest absolute Gasteiger partial charge is 0.496 e. The van der Waals surface area contributed by atoms with Gasteiger partial charge in [-0.2, -0.15) is 0 Å². The molecule has 4 amide bonds. The number of carbonyl (C=O) groups is 6. The molecule has 2 aromatic carbocycles. The molecular weight excluding hydrogens is 1440 g/mol. The number of pyridine rings is 2. The Balaban J connectivity index is 0.000000249. The molecule has 0 radical (unpaired) electrons. The highest BCUT2D eigenvalue weighted by Crippen LogP contribution is 2.57. The molecule has 6 fully saturated rings. The minimum absolute atomic E-state index is 0. The number of sulfonamides is 1. The number of aromatic nitrogens is 4. The number of rotatable bonds is 22. The van der Waals surface area contributed by atoms with Crippen molar-refractivity contribution in [3.05, 3.63) is 95.0 Å². The number of carboxylic acids is 1. The van der Waals surface area contributed by atoms with Crippen molar-refractivity contribution in [2.75, 3.05) is 27.3 Å². The molecule has 4 aliphatic carbocycles. The molecule has 4 aromatic heterocycles. The molecule has 568 valence electrons. The average molecular weight is 1540 g/mol. The van der Waals surface area contributed by atoms with Crippen LogP contribution in [-0.4, -0.2) is 169 Å². The summed E-state index contributed by atoms with van der Waals surface area (Å²) in [6.45, 7) is 30.3. The average Bonchev–Trinajstić information content (AvgIpc) is 1.56. The number of hydrogen-bond acceptors (Lipinski definition) is 22. The van der Waals surface area contributed by atoms with E-state index in [0.29, 0.717) is 63.5 Å². The molecule has 8 atom stereocenters. The Labute approximate surface area is 625 Å². The molecule has 0 spiro atoms. The number of carbonyl (C=O) groups excluding carboxylic acids is 5. The number of ether oxygens (including phenoxy) is 6. The van der Waals surface area contributed by atoms with Crippen molar-refractivity contribution in [1.82, 2.24) is 39.2 Å². The molecule has 26 nitrogen and oxygen atoms in total. The lowest BCUT2D eigenvalue weighted by molar-refractivity contribution is -0.142. The second-order valence-corrected chi connectivity index (χ2v) is 34.3. The second kappa shape index (κ2) is 33.0. The van der Waals surface area contributed by atoms with Crippen LogP contribution in [0.2, 0.25) is 0 Å². The van der Waals surface area contributed by atoms with Gasteiger partial charge in [0.25, 0.3) is 5.91 Å². The van der Waals surface area contributed by atoms with Crippen molar-refractivity contribution in [2.45, 2.75) is 204 Å². The predicted molar refractivity (Wildman–Crippen MR) is 405 cm³/mol. The Morgan fingerprint density at radius 3 is 1.52 bits per heavy atom. The number of carboxylic acid groups (broad SMARTS) is 1. The normalized spacial score (nSPS) is 22.4. The molecule has 6 heterocycles. The monoisotopic (exact) mass is 1540 g/mol. The van der Waals surface area contributed by atoms with E-state index in [0.717, 1.165) is 49.7 Å². The van der Waals surface area contributed by atoms with Crippen molar-refractivity contribution in [3.63, 3.8) is 0 Å². The molecule has 0 bridgehead atoms. The van der Waals surface area contributed by atoms with Gasteiger partial charge >= 0.3 is 18.2 Å². The SMILES string of the molecule is C=C[C@@H]1C[C@]1(CC(=O)[C@@H]1C[C@@H](Oc2cc(-c3nc(C(C)C)cs3)nc3c(C)c(OC)ccc23)CN1C(=O)OC(C)(C)C)C(=O)NS(=O)(=O)C1CC1.C=C[C@@H]1C[C@]1(N)C(=O)NSC1CC1.COc1ccc2c(O[C@@H]3C[C@@H](C(=O)O)N(C(=O)OC(C)(C)C)C3)cc(-c3nc(C(C)C)cs3)nc2c1C.Cl.O.O. The molecule has 104 heavy (non-hydrogen) atoms. The number of ketones is 1. The van der Waals surface area contributed by atoms with Crippen LogP contribution < -0.4 is 34.1 Å². The summed E-state index contributed by atoms with van der Waals surface area (Å²) in [6, 6.07) is 9.12. The van der Waals surface area contributed by atoms with Crippen LogP contribution in [0.15, 0.2) is 72.5 Å². The smallest absolute Gasteiger partial charge is 0.411 e. The van der Waals surface area contributed by atoms with Crippen LogP contribution in [0.3, 0.4) is 0 Å². The van der Waals surface area contributed by atoms with E-state index in [-0.39, 0.29) is 97.5 Å². The number of Topliss-reactive ketones (excluding diaryl/α,β-unsaturated/α-hetero) is 1. The van der Waals surface area contributed by atoms with Crippen LogP contribution in [0.25, 0.3) is 43.2 Å². The highest BCUT2D eigenvalue weighted by Gasteiger charge is 2.62. The molecule has 31 heteroatoms. The Hall–Kier alpha value is -7.71. The number of halogens is 1. The van der Waals surface area contributed by atoms with Gasteiger partial charge in [0.1, 0.15) is 79.4 Å². The van der Waals surface area contributed by atoms with E-state index in [2.05, 4.69) is 50.3 Å². The maximum atomic E-state index is 14.2. The number of aliphatic carboxylic acids is 1. The van der Waals surface area contributed by atoms with Gasteiger partial charge in [-0.15, -0.1) is 48.2 Å². The number of methoxy groups -OCH3 is 2. The predicted octanol–water partition coefficient (Wildman–Crippen LogP) is 11.5. The maximum absolute atomic E-state index is 14.2. The third-order valence-corrected chi connectivity index (χ3v) is 23.3. The zero-order valence-electron chi connectivity index (χ0n) is 61.2. The van der Waals surface area contributed by atoms with Gasteiger partial charge in [0.15, 0.2) is 5.78 Å². The number of fused-ring (bicyclic) bond motifs is 2. The topological polar surface area (TPSA) is 383 Å². The highest BCUT2D eigenvalue weighted by molar-refractivity contribution is 7.98. The fraction of sp³-hybridized carbons (Fsp3) is 0.534. The quantitative estimate of drug-likeness (QED) is 0.0362. The number of thiazole rings is 2. The van der Waals surface area contributed by atoms with Crippen molar-refractivity contribution >= 4 is 115 Å². The molecular formula is C73H98ClN9O17S4. The zero-order chi connectivity index (χ0) is 73.6. The van der Waals surface area contributed by atoms with Crippen molar-refractivity contribution < 1.29 is 81.7 Å². The molecule has 4 saturated carbocycles. The highest BCUT2D eigenvalue weighted by atomic mass is 35.5. The number of nitrogens with one attached hydrogen (secondary N) is 2. The molecule has 2 aliphatic heterocycles. The first-order valence-corrected chi connectivity index (χ1v) is 38.2. The minimum atomic E-state index is -3.82. The van der Waals surface area contributed by atoms with Crippen molar-refractivity contribution in [3.8, 4) is 44.4 Å². The van der Waals surface area contributed by atoms with Gasteiger partial charge in [-0.05, 0) is 148 Å². The number of aryl methyl sites for hydroxylation is 2. The number of hydrogen-bond donors (Lipinski definition) is 4. The van der Waals surface area contributed by atoms with Crippen LogP contribution in [-0.2, 0) is 38.7 Å². The van der Waals surface area contributed by atoms with Gasteiger partial charge in [0.05, 0.1) is 66.4 Å². The Morgan fingerprint density at radius 1 is 0.692 bits per heavy atom. The zero-order valence-corrected chi connectivity index (χ0v) is 65.3. The first-order chi connectivity index (χ1) is 47.5. The Kier molecular flexibility index (Phi) is 26.5. The van der Waals surface area contributed by atoms with E-state index in [1.54, 1.807) is 67.9 Å². The van der Waals surface area contributed by atoms with Crippen LogP contribution in [0.5, 0.6) is 23.0 Å². The van der Waals surface area contributed by atoms with Gasteiger partial charge in [0, 0.05) is 75.2 Å². The lowest BCUT2D eigenvalue weighted by atomic mass is 9.91. The summed E-state index contributed by atoms with van der Waals surface area (Å²) in [5.74, 6) is 0.555. The fourth-order valence-electron chi connectivity index (χ4n) is 12.2. The first kappa shape index (κ1) is 83.6. The lowest BCUT2D eigenvalue weighted by Gasteiger charge is -2.28. The van der Waals surface area contributed by atoms with Crippen LogP contribution in [0.1, 0.15) is 161 Å². The van der Waals surface area contributed by atoms with E-state index >= 15 is 0 Å². The van der Waals surface area contributed by atoms with E-state index < -0.39 is 85.8 Å². The molecule has 6 aromatic rings. The number of allylic oxidation sites excluding steroid dienone is 1. The molecule has 9 N–H and O–H groups in total. The summed E-state index contributed by atoms with van der Waals surface area (Å²) in [5, 5.41) is 16.9. The summed E-state index contributed by atoms with van der Waals surface area (Å²) in [5.41, 5.74) is 8.68. The summed E-state index contributed by atoms with van der Waals surface area (Å²) < 4.78 is 65.7. The first-order valence-electron chi connectivity index (χ1n) is 34.0. The summed E-state index contributed by atoms with van der Waals surface area (Å²) >= 11 is 4.52. The molecule has 12 rings (SSSR count). The van der Waals surface area contributed by atoms with Crippen LogP contribution >= 0.6 is 47.0 Å². The van der Waals surface area contributed by atoms with Gasteiger partial charge < -0.3 is 50.2 Å². The number of nitrogens with two attached hydrogens (primary N) is 1. The molecule has 2 saturated heterocycles. The van der Waals surface area contributed by atoms with Crippen molar-refractivity contribution in [1.29, 1.82) is 0 Å². The van der Waals surface area contributed by atoms with E-state index in [1.165, 1.54) is 57.3 Å². The van der Waals surface area contributed by atoms with Crippen LogP contribution in [0, 0.1) is 31.1 Å². The van der Waals surface area contributed by atoms with Gasteiger partial charge in [-0.25, -0.2) is 42.7 Å². The maximum Gasteiger partial charge on any atom is 0.411 e. The van der Waals surface area contributed by atoms with Crippen molar-refractivity contribution in [2.24, 2.45) is 23.0 Å². The summed E-state index contributed by atoms with van der Waals surface area (Å²) in [7, 11) is -0.608. The number of amides is 4. The Bertz CT molecular complexity index is 4320. The third kappa shape index (κ3) is 19.1. The summed E-state index contributed by atoms with van der Waals surface area (Å²) in [6.07, 6.45) is 5.31. The Morgan fingerprint density at radius 2 is 1.14 bits per heavy atom. The number of nitrogens with zero attached hydrogens (tertiary/aromatic N) is 6. The van der Waals surface area contributed by atoms with E-state index in [4.69, 9.17) is 54.1 Å². The minimum Gasteiger partial charge on any atom is -0.496 e. The standard InChI is InChI=1S/C37H46N4O8S2.C27H33N3O6S.C9H14N2OS.ClH.2H2O/c1-9-22-16-37(22,34(43)40-51(45,46)24-10-11-24)17-29(42)28-14-23(18-41(28)35(44)49-36(5,6)7)48-31-15-26(33-39-27(19-50-33)20(2)3)38-32-21(4)30(47-8)13-12-25(31)32;1-14(2)19-13-37-24(29-19)18-11-22(17-8-9-21(34-7)15(3)23(17)28-18)35-16-10-20(25(31)32)30(12-16)26(33)36-27(4,5)6;1-2-6-5-9(6,10)8(12)11-13-7-3-4-7;;;/h9,12-13,15,19-20,22-24,28H,1,10-11,14,16-18H2,2-8H3,(H,40,43);8-9,11,13-14,16,20H,10,12H2,1-7H3,(H,31,32);2,6-7H,1,3-5,10H2,(H,11,12);1H;2*1H2/t22-,23-,28+,37-;16-,20+;6-,9-;;;/m111.../s1. The van der Waals surface area contributed by atoms with E-state index in [9.17, 15) is 42.3 Å². The lowest BCUT2D eigenvalue weighted by Crippen LogP contribution is -2.46. The number of likely N-dealkylation sites (tertiary alicyclic amines) is 2. The van der Waals surface area contributed by atoms with Gasteiger partial charge in [-0.3, -0.25) is 33.6 Å². The fourth-order valence-corrected chi connectivity index (χ4v) is 16.3. The van der Waals surface area contributed by atoms with Gasteiger partial charge in [-0.1, -0.05) is 39.8 Å². The van der Waals surface area contributed by atoms with Crippen LogP contribution in [0.4, 0.5) is 9.59 Å². The number of benzene rings is 2. The van der Waals surface area contributed by atoms with E-state index in [1.807, 2.05) is 61.0 Å². The molecule has 0 unspecified atom stereocenters. The second-order valence-electron chi connectivity index (χ2n) is 29.5.